The van der Waals surface area contributed by atoms with Crippen molar-refractivity contribution in [2.75, 3.05) is 47.5 Å². The Morgan fingerprint density at radius 3 is 2.18 bits per heavy atom. The molecule has 1 N–H and O–H groups in total. The van der Waals surface area contributed by atoms with E-state index in [4.69, 9.17) is 25.1 Å². The second kappa shape index (κ2) is 10.2. The first-order chi connectivity index (χ1) is 8.14. The Hall–Kier alpha value is 0.307. The maximum Gasteiger partial charge on any atom is 0.500 e. The zero-order valence-electron chi connectivity index (χ0n) is 11.3. The van der Waals surface area contributed by atoms with E-state index in [9.17, 15) is 0 Å². The number of rotatable bonds is 11. The molecule has 17 heavy (non-hydrogen) atoms. The van der Waals surface area contributed by atoms with Crippen molar-refractivity contribution >= 4 is 20.6 Å². The maximum atomic E-state index is 5.86. The van der Waals surface area contributed by atoms with Gasteiger partial charge in [0.1, 0.15) is 0 Å². The minimum absolute atomic E-state index is 0.821. The summed E-state index contributed by atoms with van der Waals surface area (Å²) in [5.74, 6) is 0. The molecule has 0 rings (SSSR count). The van der Waals surface area contributed by atoms with Gasteiger partial charge in [0.05, 0.1) is 0 Å². The minimum atomic E-state index is -2.38. The number of halogens is 1. The Morgan fingerprint density at radius 1 is 1.12 bits per heavy atom. The van der Waals surface area contributed by atoms with Crippen molar-refractivity contribution < 1.29 is 13.3 Å². The lowest BCUT2D eigenvalue weighted by molar-refractivity contribution is 0.123. The zero-order valence-corrected chi connectivity index (χ0v) is 13.0. The second-order valence-electron chi connectivity index (χ2n) is 3.65. The van der Waals surface area contributed by atoms with Crippen LogP contribution < -0.4 is 5.32 Å². The molecule has 0 aromatic heterocycles. The highest BCUT2D eigenvalue weighted by molar-refractivity contribution is 6.60. The smallest absolute Gasteiger partial charge is 0.377 e. The fourth-order valence-electron chi connectivity index (χ4n) is 1.47. The molecular formula is C10H25ClN2O3Si. The first kappa shape index (κ1) is 17.3. The van der Waals surface area contributed by atoms with Crippen molar-refractivity contribution in [1.29, 1.82) is 0 Å². The van der Waals surface area contributed by atoms with Crippen molar-refractivity contribution in [3.8, 4) is 0 Å². The van der Waals surface area contributed by atoms with Gasteiger partial charge in [0.2, 0.25) is 0 Å². The Morgan fingerprint density at radius 2 is 1.71 bits per heavy atom. The van der Waals surface area contributed by atoms with Gasteiger partial charge in [-0.1, -0.05) is 6.92 Å². The van der Waals surface area contributed by atoms with Crippen LogP contribution in [0.15, 0.2) is 0 Å². The lowest BCUT2D eigenvalue weighted by Crippen LogP contribution is -2.43. The number of likely N-dealkylation sites (N-methyl/N-ethyl adjacent to an activating group) is 1. The fraction of sp³-hybridized carbons (Fsp3) is 1.00. The number of nitrogens with one attached hydrogen (secondary N) is 1. The first-order valence-corrected chi connectivity index (χ1v) is 8.18. The van der Waals surface area contributed by atoms with Gasteiger partial charge < -0.3 is 18.6 Å². The average molecular weight is 285 g/mol. The first-order valence-electron chi connectivity index (χ1n) is 5.91. The van der Waals surface area contributed by atoms with E-state index < -0.39 is 8.80 Å². The molecule has 0 aliphatic carbocycles. The lowest BCUT2D eigenvalue weighted by atomic mass is 10.4. The van der Waals surface area contributed by atoms with Crippen LogP contribution in [0.3, 0.4) is 0 Å². The maximum absolute atomic E-state index is 5.86. The number of nitrogens with zero attached hydrogens (tertiary/aromatic N) is 1. The van der Waals surface area contributed by atoms with Crippen LogP contribution in [-0.2, 0) is 13.3 Å². The molecule has 104 valence electrons. The molecule has 0 aliphatic heterocycles. The second-order valence-corrected chi connectivity index (χ2v) is 7.22. The van der Waals surface area contributed by atoms with Crippen molar-refractivity contribution in [3.63, 3.8) is 0 Å². The summed E-state index contributed by atoms with van der Waals surface area (Å²) in [5.41, 5.74) is 0. The van der Waals surface area contributed by atoms with Gasteiger partial charge in [0, 0.05) is 47.0 Å². The molecule has 0 saturated heterocycles. The van der Waals surface area contributed by atoms with Gasteiger partial charge in [-0.25, -0.2) is 4.42 Å². The molecule has 0 aromatic rings. The molecule has 0 spiro atoms. The monoisotopic (exact) mass is 284 g/mol. The molecular weight excluding hydrogens is 260 g/mol. The van der Waals surface area contributed by atoms with Crippen LogP contribution in [0.4, 0.5) is 0 Å². The van der Waals surface area contributed by atoms with Crippen molar-refractivity contribution in [2.24, 2.45) is 0 Å². The van der Waals surface area contributed by atoms with Crippen LogP contribution in [-0.4, -0.2) is 60.7 Å². The van der Waals surface area contributed by atoms with Gasteiger partial charge in [0.15, 0.2) is 0 Å². The van der Waals surface area contributed by atoms with E-state index in [2.05, 4.69) is 5.32 Å². The normalized spacial score (nSPS) is 12.4. The van der Waals surface area contributed by atoms with Crippen molar-refractivity contribution in [3.05, 3.63) is 0 Å². The van der Waals surface area contributed by atoms with Crippen LogP contribution in [0.5, 0.6) is 0 Å². The average Bonchev–Trinajstić information content (AvgIpc) is 2.38. The molecule has 7 heteroatoms. The molecule has 0 fully saturated rings. The van der Waals surface area contributed by atoms with Gasteiger partial charge >= 0.3 is 8.80 Å². The molecule has 0 radical (unpaired) electrons. The Bertz CT molecular complexity index is 177. The van der Waals surface area contributed by atoms with Crippen LogP contribution in [0.2, 0.25) is 6.04 Å². The van der Waals surface area contributed by atoms with E-state index in [1.54, 1.807) is 25.7 Å². The van der Waals surface area contributed by atoms with Gasteiger partial charge in [-0.15, -0.1) is 0 Å². The van der Waals surface area contributed by atoms with E-state index in [0.717, 1.165) is 38.6 Å². The van der Waals surface area contributed by atoms with Gasteiger partial charge in [-0.2, -0.15) is 0 Å². The summed E-state index contributed by atoms with van der Waals surface area (Å²) in [4.78, 5) is 0. The summed E-state index contributed by atoms with van der Waals surface area (Å²) in [6.07, 6.45) is 0.968. The van der Waals surface area contributed by atoms with Crippen LogP contribution in [0.1, 0.15) is 13.3 Å². The molecule has 0 heterocycles. The van der Waals surface area contributed by atoms with E-state index in [1.165, 1.54) is 0 Å². The highest BCUT2D eigenvalue weighted by atomic mass is 35.5. The summed E-state index contributed by atoms with van der Waals surface area (Å²) in [7, 11) is 2.53. The summed E-state index contributed by atoms with van der Waals surface area (Å²) < 4.78 is 17.8. The van der Waals surface area contributed by atoms with E-state index in [1.807, 2.05) is 6.92 Å². The standard InChI is InChI=1S/C10H25ClN2O3Si/c1-5-13(11)9-8-12-7-6-10-17(14-2,15-3)16-4/h12H,5-10H2,1-4H3. The van der Waals surface area contributed by atoms with Crippen molar-refractivity contribution in [1.82, 2.24) is 9.74 Å². The Kier molecular flexibility index (Phi) is 10.4. The van der Waals surface area contributed by atoms with Crippen LogP contribution >= 0.6 is 11.8 Å². The Balaban J connectivity index is 3.56. The van der Waals surface area contributed by atoms with Gasteiger partial charge in [-0.05, 0) is 24.7 Å². The topological polar surface area (TPSA) is 43.0 Å². The Labute approximate surface area is 111 Å². The molecule has 0 amide bonds. The molecule has 0 bridgehead atoms. The highest BCUT2D eigenvalue weighted by Crippen LogP contribution is 2.14. The summed E-state index contributed by atoms with van der Waals surface area (Å²) in [5, 5.41) is 3.32. The SMILES string of the molecule is CCN(Cl)CCNCCC[Si](OC)(OC)OC. The third-order valence-corrected chi connectivity index (χ3v) is 5.88. The number of hydrogen-bond acceptors (Lipinski definition) is 5. The van der Waals surface area contributed by atoms with Gasteiger partial charge in [-0.3, -0.25) is 0 Å². The molecule has 0 unspecified atom stereocenters. The predicted octanol–water partition coefficient (Wildman–Crippen LogP) is 1.32. The molecule has 0 aromatic carbocycles. The van der Waals surface area contributed by atoms with E-state index >= 15 is 0 Å². The van der Waals surface area contributed by atoms with Crippen LogP contribution in [0.25, 0.3) is 0 Å². The summed E-state index contributed by atoms with van der Waals surface area (Å²) in [6.45, 7) is 5.54. The zero-order chi connectivity index (χ0) is 13.1. The lowest BCUT2D eigenvalue weighted by Gasteiger charge is -2.24. The van der Waals surface area contributed by atoms with E-state index in [-0.39, 0.29) is 0 Å². The largest absolute Gasteiger partial charge is 0.500 e. The van der Waals surface area contributed by atoms with E-state index in [0.29, 0.717) is 0 Å². The molecule has 5 nitrogen and oxygen atoms in total. The fourth-order valence-corrected chi connectivity index (χ4v) is 3.28. The molecule has 0 atom stereocenters. The van der Waals surface area contributed by atoms with Gasteiger partial charge in [0.25, 0.3) is 0 Å². The quantitative estimate of drug-likeness (QED) is 0.352. The summed E-state index contributed by atoms with van der Waals surface area (Å²) >= 11 is 5.86. The summed E-state index contributed by atoms with van der Waals surface area (Å²) in [6, 6.07) is 0.821. The van der Waals surface area contributed by atoms with Crippen LogP contribution in [0, 0.1) is 0 Å². The number of hydrogen-bond donors (Lipinski definition) is 1. The third-order valence-electron chi connectivity index (χ3n) is 2.64. The third kappa shape index (κ3) is 7.35. The molecule has 0 saturated carbocycles. The molecule has 0 aliphatic rings. The minimum Gasteiger partial charge on any atom is -0.377 e. The predicted molar refractivity (Wildman–Crippen MR) is 72.2 cm³/mol. The van der Waals surface area contributed by atoms with Crippen molar-refractivity contribution in [2.45, 2.75) is 19.4 Å². The highest BCUT2D eigenvalue weighted by Gasteiger charge is 2.36.